The second-order valence-electron chi connectivity index (χ2n) is 3.72. The molecule has 0 aromatic carbocycles. The zero-order valence-corrected chi connectivity index (χ0v) is 9.11. The van der Waals surface area contributed by atoms with E-state index in [0.717, 1.165) is 43.2 Å². The molecule has 1 atom stereocenters. The van der Waals surface area contributed by atoms with Gasteiger partial charge in [-0.15, -0.1) is 0 Å². The Bertz CT molecular complexity index is 328. The van der Waals surface area contributed by atoms with Gasteiger partial charge in [0.1, 0.15) is 6.04 Å². The van der Waals surface area contributed by atoms with Crippen LogP contribution in [-0.2, 0) is 11.3 Å². The normalized spacial score (nSPS) is 22.8. The number of aliphatic carboxylic acids is 1. The van der Waals surface area contributed by atoms with E-state index in [1.165, 1.54) is 0 Å². The molecule has 82 valence electrons. The van der Waals surface area contributed by atoms with E-state index in [2.05, 4.69) is 8.75 Å². The lowest BCUT2D eigenvalue weighted by Gasteiger charge is -2.31. The highest BCUT2D eigenvalue weighted by atomic mass is 32.1. The zero-order valence-electron chi connectivity index (χ0n) is 8.30. The number of aromatic nitrogens is 2. The van der Waals surface area contributed by atoms with Gasteiger partial charge >= 0.3 is 5.97 Å². The van der Waals surface area contributed by atoms with E-state index in [-0.39, 0.29) is 6.04 Å². The van der Waals surface area contributed by atoms with Crippen molar-refractivity contribution in [3.63, 3.8) is 0 Å². The molecule has 1 aliphatic heterocycles. The van der Waals surface area contributed by atoms with Gasteiger partial charge in [-0.3, -0.25) is 9.69 Å². The molecule has 1 aromatic heterocycles. The van der Waals surface area contributed by atoms with Crippen molar-refractivity contribution in [1.82, 2.24) is 13.6 Å². The monoisotopic (exact) mass is 227 g/mol. The van der Waals surface area contributed by atoms with E-state index < -0.39 is 5.97 Å². The average Bonchev–Trinajstić information content (AvgIpc) is 2.71. The van der Waals surface area contributed by atoms with Crippen LogP contribution in [0.25, 0.3) is 0 Å². The Kier molecular flexibility index (Phi) is 3.27. The summed E-state index contributed by atoms with van der Waals surface area (Å²) in [5.74, 6) is -0.724. The third-order valence-electron chi connectivity index (χ3n) is 2.67. The molecule has 0 spiro atoms. The number of carboxylic acid groups (broad SMARTS) is 1. The predicted molar refractivity (Wildman–Crippen MR) is 55.6 cm³/mol. The first kappa shape index (κ1) is 10.5. The summed E-state index contributed by atoms with van der Waals surface area (Å²) in [5, 5.41) is 9.06. The highest BCUT2D eigenvalue weighted by Crippen LogP contribution is 2.19. The van der Waals surface area contributed by atoms with Gasteiger partial charge in [0.25, 0.3) is 0 Å². The first-order valence-electron chi connectivity index (χ1n) is 5.00. The molecule has 1 unspecified atom stereocenters. The van der Waals surface area contributed by atoms with E-state index in [0.29, 0.717) is 6.54 Å². The number of hydrogen-bond acceptors (Lipinski definition) is 5. The molecule has 1 aromatic rings. The molecule has 0 saturated carbocycles. The number of piperidine rings is 1. The quantitative estimate of drug-likeness (QED) is 0.833. The summed E-state index contributed by atoms with van der Waals surface area (Å²) in [4.78, 5) is 13.0. The van der Waals surface area contributed by atoms with Crippen LogP contribution in [0, 0.1) is 0 Å². The molecular weight excluding hydrogens is 214 g/mol. The Morgan fingerprint density at radius 3 is 3.20 bits per heavy atom. The van der Waals surface area contributed by atoms with Crippen molar-refractivity contribution in [3.05, 3.63) is 11.9 Å². The highest BCUT2D eigenvalue weighted by Gasteiger charge is 2.28. The van der Waals surface area contributed by atoms with Crippen molar-refractivity contribution in [2.45, 2.75) is 31.8 Å². The van der Waals surface area contributed by atoms with Crippen molar-refractivity contribution in [2.75, 3.05) is 6.54 Å². The van der Waals surface area contributed by atoms with Gasteiger partial charge in [-0.1, -0.05) is 6.42 Å². The third-order valence-corrected chi connectivity index (χ3v) is 3.19. The van der Waals surface area contributed by atoms with Crippen LogP contribution in [0.5, 0.6) is 0 Å². The Balaban J connectivity index is 2.02. The Hall–Kier alpha value is -1.01. The van der Waals surface area contributed by atoms with Crippen LogP contribution >= 0.6 is 11.7 Å². The Morgan fingerprint density at radius 2 is 2.53 bits per heavy atom. The molecule has 1 aliphatic rings. The van der Waals surface area contributed by atoms with Gasteiger partial charge in [0.15, 0.2) is 0 Å². The molecule has 6 heteroatoms. The topological polar surface area (TPSA) is 66.3 Å². The van der Waals surface area contributed by atoms with Crippen molar-refractivity contribution < 1.29 is 9.90 Å². The molecule has 2 heterocycles. The van der Waals surface area contributed by atoms with E-state index in [4.69, 9.17) is 5.11 Å². The molecule has 15 heavy (non-hydrogen) atoms. The number of rotatable bonds is 3. The smallest absolute Gasteiger partial charge is 0.320 e. The maximum atomic E-state index is 11.0. The van der Waals surface area contributed by atoms with E-state index >= 15 is 0 Å². The summed E-state index contributed by atoms with van der Waals surface area (Å²) in [6, 6.07) is -0.347. The fraction of sp³-hybridized carbons (Fsp3) is 0.667. The van der Waals surface area contributed by atoms with Gasteiger partial charge in [0.2, 0.25) is 0 Å². The minimum atomic E-state index is -0.724. The van der Waals surface area contributed by atoms with Crippen molar-refractivity contribution in [1.29, 1.82) is 0 Å². The standard InChI is InChI=1S/C9H13N3O2S/c13-9(14)8-3-1-2-4-12(8)6-7-5-10-15-11-7/h5,8H,1-4,6H2,(H,13,14). The molecule has 2 rings (SSSR count). The van der Waals surface area contributed by atoms with Crippen LogP contribution in [0.4, 0.5) is 0 Å². The molecule has 0 aliphatic carbocycles. The summed E-state index contributed by atoms with van der Waals surface area (Å²) in [6.07, 6.45) is 4.52. The van der Waals surface area contributed by atoms with Gasteiger partial charge in [-0.05, 0) is 19.4 Å². The summed E-state index contributed by atoms with van der Waals surface area (Å²) >= 11 is 1.16. The molecule has 0 amide bonds. The fourth-order valence-corrected chi connectivity index (χ4v) is 2.35. The highest BCUT2D eigenvalue weighted by molar-refractivity contribution is 6.99. The zero-order chi connectivity index (χ0) is 10.7. The van der Waals surface area contributed by atoms with E-state index in [1.807, 2.05) is 4.90 Å². The van der Waals surface area contributed by atoms with Gasteiger partial charge in [-0.2, -0.15) is 8.75 Å². The second-order valence-corrected chi connectivity index (χ2v) is 4.28. The van der Waals surface area contributed by atoms with Gasteiger partial charge in [0, 0.05) is 6.54 Å². The third kappa shape index (κ3) is 2.51. The lowest BCUT2D eigenvalue weighted by molar-refractivity contribution is -0.144. The van der Waals surface area contributed by atoms with Crippen molar-refractivity contribution in [2.24, 2.45) is 0 Å². The maximum Gasteiger partial charge on any atom is 0.320 e. The van der Waals surface area contributed by atoms with Crippen LogP contribution < -0.4 is 0 Å². The summed E-state index contributed by atoms with van der Waals surface area (Å²) < 4.78 is 8.01. The van der Waals surface area contributed by atoms with Crippen molar-refractivity contribution >= 4 is 17.7 Å². The van der Waals surface area contributed by atoms with E-state index in [1.54, 1.807) is 6.20 Å². The van der Waals surface area contributed by atoms with E-state index in [9.17, 15) is 4.79 Å². The predicted octanol–water partition coefficient (Wildman–Crippen LogP) is 0.977. The number of carbonyl (C=O) groups is 1. The van der Waals surface area contributed by atoms with Crippen LogP contribution in [0.2, 0.25) is 0 Å². The van der Waals surface area contributed by atoms with Gasteiger partial charge < -0.3 is 5.11 Å². The Morgan fingerprint density at radius 1 is 1.67 bits per heavy atom. The largest absolute Gasteiger partial charge is 0.480 e. The first-order valence-corrected chi connectivity index (χ1v) is 5.73. The molecule has 1 saturated heterocycles. The summed E-state index contributed by atoms with van der Waals surface area (Å²) in [7, 11) is 0. The fourth-order valence-electron chi connectivity index (χ4n) is 1.92. The second kappa shape index (κ2) is 4.67. The maximum absolute atomic E-state index is 11.0. The SMILES string of the molecule is O=C(O)C1CCCCN1Cc1cnsn1. The van der Waals surface area contributed by atoms with Crippen LogP contribution in [0.15, 0.2) is 6.20 Å². The average molecular weight is 227 g/mol. The van der Waals surface area contributed by atoms with Gasteiger partial charge in [0.05, 0.1) is 23.6 Å². The lowest BCUT2D eigenvalue weighted by atomic mass is 10.0. The summed E-state index contributed by atoms with van der Waals surface area (Å²) in [6.45, 7) is 1.45. The van der Waals surface area contributed by atoms with Crippen LogP contribution in [0.3, 0.4) is 0 Å². The molecule has 0 radical (unpaired) electrons. The minimum absolute atomic E-state index is 0.347. The first-order chi connectivity index (χ1) is 7.27. The number of carboxylic acids is 1. The van der Waals surface area contributed by atoms with Crippen LogP contribution in [0.1, 0.15) is 25.0 Å². The van der Waals surface area contributed by atoms with Crippen molar-refractivity contribution in [3.8, 4) is 0 Å². The number of nitrogens with zero attached hydrogens (tertiary/aromatic N) is 3. The minimum Gasteiger partial charge on any atom is -0.480 e. The molecule has 1 fully saturated rings. The lowest BCUT2D eigenvalue weighted by Crippen LogP contribution is -2.44. The number of hydrogen-bond donors (Lipinski definition) is 1. The molecule has 5 nitrogen and oxygen atoms in total. The molecular formula is C9H13N3O2S. The number of likely N-dealkylation sites (tertiary alicyclic amines) is 1. The van der Waals surface area contributed by atoms with Gasteiger partial charge in [-0.25, -0.2) is 0 Å². The molecule has 1 N–H and O–H groups in total. The summed E-state index contributed by atoms with van der Waals surface area (Å²) in [5.41, 5.74) is 0.869. The van der Waals surface area contributed by atoms with Crippen LogP contribution in [-0.4, -0.2) is 37.3 Å². The molecule has 0 bridgehead atoms. The Labute approximate surface area is 92.1 Å².